The molecule has 2 aromatic heterocycles. The first kappa shape index (κ1) is 14.2. The molecule has 0 saturated heterocycles. The first-order valence-corrected chi connectivity index (χ1v) is 7.37. The summed E-state index contributed by atoms with van der Waals surface area (Å²) in [4.78, 5) is 5.83. The minimum Gasteiger partial charge on any atom is -0.361 e. The smallest absolute Gasteiger partial charge is 0.137 e. The van der Waals surface area contributed by atoms with Crippen LogP contribution in [0.1, 0.15) is 45.4 Å². The second-order valence-corrected chi connectivity index (χ2v) is 6.31. The topological polar surface area (TPSA) is 51.0 Å². The largest absolute Gasteiger partial charge is 0.361 e. The Balaban J connectivity index is 1.89. The minimum absolute atomic E-state index is 0.397. The average Bonchev–Trinajstić information content (AvgIpc) is 2.83. The van der Waals surface area contributed by atoms with E-state index < -0.39 is 0 Å². The molecule has 0 aliphatic heterocycles. The summed E-state index contributed by atoms with van der Waals surface area (Å²) < 4.78 is 5.21. The van der Waals surface area contributed by atoms with Crippen molar-refractivity contribution in [2.75, 3.05) is 6.54 Å². The number of nitrogens with zero attached hydrogens (tertiary/aromatic N) is 2. The van der Waals surface area contributed by atoms with Crippen LogP contribution in [0.3, 0.4) is 0 Å². The van der Waals surface area contributed by atoms with Crippen molar-refractivity contribution >= 4 is 11.3 Å². The summed E-state index contributed by atoms with van der Waals surface area (Å²) in [6, 6.07) is 0. The fourth-order valence-electron chi connectivity index (χ4n) is 2.31. The Morgan fingerprint density at radius 3 is 2.47 bits per heavy atom. The van der Waals surface area contributed by atoms with Gasteiger partial charge < -0.3 is 9.84 Å². The van der Waals surface area contributed by atoms with Crippen molar-refractivity contribution in [1.29, 1.82) is 0 Å². The van der Waals surface area contributed by atoms with E-state index in [0.717, 1.165) is 35.2 Å². The van der Waals surface area contributed by atoms with E-state index in [0.29, 0.717) is 5.92 Å². The van der Waals surface area contributed by atoms with Gasteiger partial charge in [0, 0.05) is 23.5 Å². The number of aromatic nitrogens is 2. The van der Waals surface area contributed by atoms with E-state index in [1.165, 1.54) is 10.4 Å². The standard InChI is InChI=1S/C14H21N3OS/c1-8(14-10(3)17-18-11(14)4)6-15-7-13-16-9(2)12(5)19-13/h8,15H,6-7H2,1-5H3/t8-/m0/s1. The Morgan fingerprint density at radius 1 is 1.21 bits per heavy atom. The van der Waals surface area contributed by atoms with Crippen LogP contribution in [0.2, 0.25) is 0 Å². The third-order valence-electron chi connectivity index (χ3n) is 3.38. The molecule has 2 rings (SSSR count). The zero-order chi connectivity index (χ0) is 14.0. The molecular formula is C14H21N3OS. The summed E-state index contributed by atoms with van der Waals surface area (Å²) in [6.07, 6.45) is 0. The van der Waals surface area contributed by atoms with Gasteiger partial charge in [-0.3, -0.25) is 0 Å². The lowest BCUT2D eigenvalue weighted by Gasteiger charge is -2.11. The molecular weight excluding hydrogens is 258 g/mol. The third kappa shape index (κ3) is 3.22. The molecule has 0 radical (unpaired) electrons. The summed E-state index contributed by atoms with van der Waals surface area (Å²) in [5.41, 5.74) is 3.35. The molecule has 4 nitrogen and oxygen atoms in total. The predicted octanol–water partition coefficient (Wildman–Crippen LogP) is 3.26. The molecule has 2 heterocycles. The van der Waals surface area contributed by atoms with Crippen LogP contribution >= 0.6 is 11.3 Å². The maximum absolute atomic E-state index is 5.21. The Labute approximate surface area is 118 Å². The van der Waals surface area contributed by atoms with E-state index in [2.05, 4.69) is 36.2 Å². The van der Waals surface area contributed by atoms with Crippen LogP contribution in [0.4, 0.5) is 0 Å². The maximum atomic E-state index is 5.21. The molecule has 2 aromatic rings. The molecule has 0 amide bonds. The van der Waals surface area contributed by atoms with Gasteiger partial charge in [-0.15, -0.1) is 11.3 Å². The van der Waals surface area contributed by atoms with Crippen molar-refractivity contribution < 1.29 is 4.52 Å². The number of aryl methyl sites for hydroxylation is 4. The third-order valence-corrected chi connectivity index (χ3v) is 4.45. The van der Waals surface area contributed by atoms with Crippen molar-refractivity contribution in [3.8, 4) is 0 Å². The summed E-state index contributed by atoms with van der Waals surface area (Å²) in [5, 5.41) is 8.62. The maximum Gasteiger partial charge on any atom is 0.137 e. The Hall–Kier alpha value is -1.20. The number of thiazole rings is 1. The second-order valence-electron chi connectivity index (χ2n) is 5.02. The summed E-state index contributed by atoms with van der Waals surface area (Å²) in [7, 11) is 0. The molecule has 0 aromatic carbocycles. The van der Waals surface area contributed by atoms with Gasteiger partial charge in [0.15, 0.2) is 0 Å². The van der Waals surface area contributed by atoms with E-state index in [1.54, 1.807) is 11.3 Å². The van der Waals surface area contributed by atoms with E-state index >= 15 is 0 Å². The normalized spacial score (nSPS) is 12.9. The van der Waals surface area contributed by atoms with Crippen molar-refractivity contribution in [2.24, 2.45) is 0 Å². The van der Waals surface area contributed by atoms with Gasteiger partial charge in [0.2, 0.25) is 0 Å². The van der Waals surface area contributed by atoms with Gasteiger partial charge >= 0.3 is 0 Å². The van der Waals surface area contributed by atoms with Crippen LogP contribution in [0.15, 0.2) is 4.52 Å². The van der Waals surface area contributed by atoms with E-state index in [1.807, 2.05) is 13.8 Å². The highest BCUT2D eigenvalue weighted by Crippen LogP contribution is 2.22. The molecule has 0 fully saturated rings. The lowest BCUT2D eigenvalue weighted by atomic mass is 10.00. The van der Waals surface area contributed by atoms with Crippen LogP contribution in [0.25, 0.3) is 0 Å². The van der Waals surface area contributed by atoms with Gasteiger partial charge in [-0.1, -0.05) is 12.1 Å². The number of rotatable bonds is 5. The lowest BCUT2D eigenvalue weighted by molar-refractivity contribution is 0.391. The molecule has 0 bridgehead atoms. The zero-order valence-corrected chi connectivity index (χ0v) is 13.0. The first-order valence-electron chi connectivity index (χ1n) is 6.55. The predicted molar refractivity (Wildman–Crippen MR) is 77.7 cm³/mol. The molecule has 1 N–H and O–H groups in total. The second kappa shape index (κ2) is 5.84. The number of hydrogen-bond donors (Lipinski definition) is 1. The average molecular weight is 279 g/mol. The van der Waals surface area contributed by atoms with Crippen molar-refractivity contribution in [1.82, 2.24) is 15.5 Å². The van der Waals surface area contributed by atoms with Crippen molar-refractivity contribution in [3.63, 3.8) is 0 Å². The number of nitrogens with one attached hydrogen (secondary N) is 1. The number of hydrogen-bond acceptors (Lipinski definition) is 5. The fourth-order valence-corrected chi connectivity index (χ4v) is 3.21. The minimum atomic E-state index is 0.397. The van der Waals surface area contributed by atoms with Crippen LogP contribution in [0, 0.1) is 27.7 Å². The molecule has 1 atom stereocenters. The van der Waals surface area contributed by atoms with Gasteiger partial charge in [-0.2, -0.15) is 0 Å². The van der Waals surface area contributed by atoms with E-state index in [4.69, 9.17) is 4.52 Å². The Bertz CT molecular complexity index is 520. The van der Waals surface area contributed by atoms with Crippen LogP contribution in [-0.4, -0.2) is 16.7 Å². The highest BCUT2D eigenvalue weighted by atomic mass is 32.1. The summed E-state index contributed by atoms with van der Waals surface area (Å²) in [6.45, 7) is 12.1. The summed E-state index contributed by atoms with van der Waals surface area (Å²) >= 11 is 1.77. The monoisotopic (exact) mass is 279 g/mol. The van der Waals surface area contributed by atoms with E-state index in [-0.39, 0.29) is 0 Å². The quantitative estimate of drug-likeness (QED) is 0.912. The van der Waals surface area contributed by atoms with Crippen molar-refractivity contribution in [3.05, 3.63) is 32.6 Å². The van der Waals surface area contributed by atoms with Gasteiger partial charge in [0.25, 0.3) is 0 Å². The molecule has 0 spiro atoms. The first-order chi connectivity index (χ1) is 8.99. The SMILES string of the molecule is Cc1nc(CNC[C@H](C)c2c(C)noc2C)sc1C. The Kier molecular flexibility index (Phi) is 4.37. The van der Waals surface area contributed by atoms with Gasteiger partial charge in [-0.25, -0.2) is 4.98 Å². The molecule has 0 aliphatic rings. The van der Waals surface area contributed by atoms with Gasteiger partial charge in [0.1, 0.15) is 10.8 Å². The van der Waals surface area contributed by atoms with Crippen molar-refractivity contribution in [2.45, 2.75) is 47.1 Å². The highest BCUT2D eigenvalue weighted by Gasteiger charge is 2.16. The van der Waals surface area contributed by atoms with Gasteiger partial charge in [0.05, 0.1) is 11.4 Å². The molecule has 5 heteroatoms. The fraction of sp³-hybridized carbons (Fsp3) is 0.571. The molecule has 0 unspecified atom stereocenters. The summed E-state index contributed by atoms with van der Waals surface area (Å²) in [5.74, 6) is 1.32. The lowest BCUT2D eigenvalue weighted by Crippen LogP contribution is -2.20. The molecule has 0 aliphatic carbocycles. The van der Waals surface area contributed by atoms with Gasteiger partial charge in [-0.05, 0) is 33.6 Å². The molecule has 0 saturated carbocycles. The zero-order valence-electron chi connectivity index (χ0n) is 12.2. The van der Waals surface area contributed by atoms with Crippen LogP contribution < -0.4 is 5.32 Å². The van der Waals surface area contributed by atoms with Crippen LogP contribution in [0.5, 0.6) is 0 Å². The highest BCUT2D eigenvalue weighted by molar-refractivity contribution is 7.11. The van der Waals surface area contributed by atoms with Crippen LogP contribution in [-0.2, 0) is 6.54 Å². The van der Waals surface area contributed by atoms with E-state index in [9.17, 15) is 0 Å². The molecule has 19 heavy (non-hydrogen) atoms. The Morgan fingerprint density at radius 2 is 1.95 bits per heavy atom. The molecule has 104 valence electrons.